The summed E-state index contributed by atoms with van der Waals surface area (Å²) in [4.78, 5) is 0. The zero-order valence-corrected chi connectivity index (χ0v) is 9.97. The summed E-state index contributed by atoms with van der Waals surface area (Å²) in [5.74, 6) is 9.94. The quantitative estimate of drug-likeness (QED) is 0.710. The Labute approximate surface area is 101 Å². The fraction of sp³-hybridized carbons (Fsp3) is 0.833. The molecule has 0 spiro atoms. The predicted molar refractivity (Wildman–Crippen MR) is 64.4 cm³/mol. The first-order chi connectivity index (χ1) is 8.16. The lowest BCUT2D eigenvalue weighted by atomic mass is 9.49. The fourth-order valence-corrected chi connectivity index (χ4v) is 5.05. The van der Waals surface area contributed by atoms with Crippen molar-refractivity contribution in [3.05, 3.63) is 5.82 Å². The van der Waals surface area contributed by atoms with Crippen molar-refractivity contribution < 1.29 is 0 Å². The second-order valence-electron chi connectivity index (χ2n) is 6.45. The number of nitrogen functional groups attached to an aromatic ring is 2. The molecule has 0 atom stereocenters. The number of aromatic nitrogens is 3. The molecule has 4 N–H and O–H groups in total. The van der Waals surface area contributed by atoms with Gasteiger partial charge in [0, 0.05) is 5.41 Å². The average Bonchev–Trinajstić information content (AvgIpc) is 2.58. The summed E-state index contributed by atoms with van der Waals surface area (Å²) < 4.78 is 1.52. The first-order valence-corrected chi connectivity index (χ1v) is 6.63. The second-order valence-corrected chi connectivity index (χ2v) is 6.45. The third-order valence-electron chi connectivity index (χ3n) is 5.23. The van der Waals surface area contributed by atoms with Gasteiger partial charge in [0.05, 0.1) is 0 Å². The summed E-state index contributed by atoms with van der Waals surface area (Å²) in [5.41, 5.74) is 5.91. The van der Waals surface area contributed by atoms with Gasteiger partial charge in [-0.1, -0.05) is 0 Å². The van der Waals surface area contributed by atoms with Crippen LogP contribution in [-0.2, 0) is 5.41 Å². The summed E-state index contributed by atoms with van der Waals surface area (Å²) in [6.07, 6.45) is 8.01. The first kappa shape index (κ1) is 9.74. The van der Waals surface area contributed by atoms with E-state index < -0.39 is 0 Å². The molecule has 17 heavy (non-hydrogen) atoms. The van der Waals surface area contributed by atoms with Gasteiger partial charge in [0.25, 0.3) is 0 Å². The highest BCUT2D eigenvalue weighted by Gasteiger charge is 2.53. The van der Waals surface area contributed by atoms with Crippen molar-refractivity contribution in [2.75, 3.05) is 11.6 Å². The molecule has 5 heteroatoms. The van der Waals surface area contributed by atoms with Crippen LogP contribution in [0.1, 0.15) is 44.3 Å². The van der Waals surface area contributed by atoms with Crippen LogP contribution in [0.2, 0.25) is 0 Å². The van der Waals surface area contributed by atoms with Crippen LogP contribution in [0.4, 0.5) is 5.95 Å². The maximum atomic E-state index is 5.99. The lowest BCUT2D eigenvalue weighted by Crippen LogP contribution is -2.50. The average molecular weight is 233 g/mol. The van der Waals surface area contributed by atoms with E-state index in [4.69, 9.17) is 11.6 Å². The molecule has 0 unspecified atom stereocenters. The topological polar surface area (TPSA) is 82.8 Å². The van der Waals surface area contributed by atoms with E-state index in [9.17, 15) is 0 Å². The minimum absolute atomic E-state index is 0.189. The zero-order chi connectivity index (χ0) is 11.6. The zero-order valence-electron chi connectivity index (χ0n) is 9.97. The van der Waals surface area contributed by atoms with Crippen LogP contribution in [0.15, 0.2) is 0 Å². The Morgan fingerprint density at radius 1 is 1.00 bits per heavy atom. The van der Waals surface area contributed by atoms with Gasteiger partial charge in [-0.25, -0.2) is 4.68 Å². The van der Waals surface area contributed by atoms with E-state index in [0.29, 0.717) is 5.95 Å². The van der Waals surface area contributed by atoms with Crippen LogP contribution in [0.5, 0.6) is 0 Å². The normalized spacial score (nSPS) is 43.2. The second kappa shape index (κ2) is 2.94. The minimum atomic E-state index is 0.189. The van der Waals surface area contributed by atoms with Crippen molar-refractivity contribution in [2.24, 2.45) is 17.8 Å². The summed E-state index contributed by atoms with van der Waals surface area (Å²) in [6, 6.07) is 0. The van der Waals surface area contributed by atoms with Crippen LogP contribution >= 0.6 is 0 Å². The van der Waals surface area contributed by atoms with Crippen molar-refractivity contribution in [1.82, 2.24) is 14.9 Å². The Balaban J connectivity index is 1.80. The van der Waals surface area contributed by atoms with E-state index in [1.165, 1.54) is 43.2 Å². The molecule has 4 aliphatic carbocycles. The van der Waals surface area contributed by atoms with Crippen LogP contribution in [0.25, 0.3) is 0 Å². The van der Waals surface area contributed by atoms with Gasteiger partial charge in [0.2, 0.25) is 5.95 Å². The van der Waals surface area contributed by atoms with Gasteiger partial charge in [0.15, 0.2) is 5.82 Å². The van der Waals surface area contributed by atoms with Crippen molar-refractivity contribution in [1.29, 1.82) is 0 Å². The van der Waals surface area contributed by atoms with Crippen LogP contribution in [0.3, 0.4) is 0 Å². The molecule has 0 radical (unpaired) electrons. The SMILES string of the molecule is Nc1nnc(C23CC4CC(CC(C4)C2)C3)n1N. The summed E-state index contributed by atoms with van der Waals surface area (Å²) >= 11 is 0. The molecule has 1 aromatic rings. The molecule has 0 saturated heterocycles. The Bertz CT molecular complexity index is 428. The van der Waals surface area contributed by atoms with Crippen molar-refractivity contribution in [3.63, 3.8) is 0 Å². The third kappa shape index (κ3) is 1.20. The van der Waals surface area contributed by atoms with Gasteiger partial charge in [-0.05, 0) is 56.3 Å². The lowest BCUT2D eigenvalue weighted by Gasteiger charge is -2.55. The molecule has 4 bridgehead atoms. The highest BCUT2D eigenvalue weighted by molar-refractivity contribution is 5.25. The van der Waals surface area contributed by atoms with E-state index in [2.05, 4.69) is 10.2 Å². The van der Waals surface area contributed by atoms with Crippen molar-refractivity contribution in [3.8, 4) is 0 Å². The van der Waals surface area contributed by atoms with Gasteiger partial charge < -0.3 is 11.6 Å². The summed E-state index contributed by atoms with van der Waals surface area (Å²) in [5, 5.41) is 8.21. The largest absolute Gasteiger partial charge is 0.366 e. The molecule has 0 amide bonds. The van der Waals surface area contributed by atoms with Gasteiger partial charge in [-0.3, -0.25) is 0 Å². The number of nitrogens with two attached hydrogens (primary N) is 2. The molecule has 4 saturated carbocycles. The molecule has 1 heterocycles. The number of nitrogens with zero attached hydrogens (tertiary/aromatic N) is 3. The monoisotopic (exact) mass is 233 g/mol. The molecule has 92 valence electrons. The first-order valence-electron chi connectivity index (χ1n) is 6.63. The Hall–Kier alpha value is -1.26. The molecule has 4 fully saturated rings. The molecule has 5 nitrogen and oxygen atoms in total. The van der Waals surface area contributed by atoms with Crippen molar-refractivity contribution >= 4 is 5.95 Å². The van der Waals surface area contributed by atoms with Crippen molar-refractivity contribution in [2.45, 2.75) is 43.9 Å². The van der Waals surface area contributed by atoms with Gasteiger partial charge in [-0.2, -0.15) is 0 Å². The van der Waals surface area contributed by atoms with E-state index in [1.54, 1.807) is 0 Å². The lowest BCUT2D eigenvalue weighted by molar-refractivity contribution is -0.0104. The fourth-order valence-electron chi connectivity index (χ4n) is 5.05. The van der Waals surface area contributed by atoms with Crippen LogP contribution in [0, 0.1) is 17.8 Å². The highest BCUT2D eigenvalue weighted by Crippen LogP contribution is 2.60. The van der Waals surface area contributed by atoms with E-state index in [1.807, 2.05) is 0 Å². The molecule has 4 aliphatic rings. The molecular weight excluding hydrogens is 214 g/mol. The number of hydrogen-bond acceptors (Lipinski definition) is 4. The van der Waals surface area contributed by atoms with Gasteiger partial charge >= 0.3 is 0 Å². The maximum Gasteiger partial charge on any atom is 0.240 e. The van der Waals surface area contributed by atoms with Gasteiger partial charge in [-0.15, -0.1) is 10.2 Å². The Morgan fingerprint density at radius 3 is 1.94 bits per heavy atom. The molecule has 0 aromatic carbocycles. The summed E-state index contributed by atoms with van der Waals surface area (Å²) in [6.45, 7) is 0. The van der Waals surface area contributed by atoms with E-state index in [0.717, 1.165) is 23.6 Å². The standard InChI is InChI=1S/C12H19N5/c13-11-16-15-10(17(11)14)12-4-7-1-8(5-12)3-9(2-7)6-12/h7-9H,1-6,14H2,(H2,13,16). The highest BCUT2D eigenvalue weighted by atomic mass is 15.4. The number of hydrogen-bond donors (Lipinski definition) is 2. The minimum Gasteiger partial charge on any atom is -0.366 e. The number of anilines is 1. The molecular formula is C12H19N5. The third-order valence-corrected chi connectivity index (χ3v) is 5.23. The molecule has 5 rings (SSSR count). The van der Waals surface area contributed by atoms with E-state index >= 15 is 0 Å². The molecule has 0 aliphatic heterocycles. The van der Waals surface area contributed by atoms with Gasteiger partial charge in [0.1, 0.15) is 0 Å². The van der Waals surface area contributed by atoms with E-state index in [-0.39, 0.29) is 5.41 Å². The van der Waals surface area contributed by atoms with Crippen LogP contribution in [-0.4, -0.2) is 14.9 Å². The smallest absolute Gasteiger partial charge is 0.240 e. The Kier molecular flexibility index (Phi) is 1.69. The maximum absolute atomic E-state index is 5.99. The van der Waals surface area contributed by atoms with Crippen LogP contribution < -0.4 is 11.6 Å². The Morgan fingerprint density at radius 2 is 1.53 bits per heavy atom. The predicted octanol–water partition coefficient (Wildman–Crippen LogP) is 1.04. The number of rotatable bonds is 1. The summed E-state index contributed by atoms with van der Waals surface area (Å²) in [7, 11) is 0. The molecule has 1 aromatic heterocycles.